The lowest BCUT2D eigenvalue weighted by Crippen LogP contribution is -2.41. The average molecular weight is 440 g/mol. The van der Waals surface area contributed by atoms with E-state index in [1.54, 1.807) is 13.3 Å². The number of oxazole rings is 1. The van der Waals surface area contributed by atoms with Crippen LogP contribution in [0.25, 0.3) is 11.5 Å². The standard InChI is InChI=1S/C22H25N5O3S/c1-23-22(25-15-19-16-30-21(26-19)18-8-3-2-4-9-18)24-12-14-31(28,29)27-13-11-17-7-5-6-10-20(17)27/h2-10,16H,11-15H2,1H3,(H2,23,24,25). The van der Waals surface area contributed by atoms with Crippen molar-refractivity contribution < 1.29 is 12.8 Å². The van der Waals surface area contributed by atoms with Crippen LogP contribution in [0.15, 0.2) is 70.3 Å². The van der Waals surface area contributed by atoms with E-state index in [0.29, 0.717) is 24.9 Å². The Labute approximate surface area is 182 Å². The maximum absolute atomic E-state index is 12.8. The molecule has 31 heavy (non-hydrogen) atoms. The van der Waals surface area contributed by atoms with Crippen LogP contribution in [0.4, 0.5) is 5.69 Å². The van der Waals surface area contributed by atoms with Gasteiger partial charge in [0.15, 0.2) is 5.96 Å². The fourth-order valence-electron chi connectivity index (χ4n) is 3.50. The zero-order valence-corrected chi connectivity index (χ0v) is 18.1. The Kier molecular flexibility index (Phi) is 6.22. The van der Waals surface area contributed by atoms with E-state index in [0.717, 1.165) is 28.9 Å². The molecule has 0 saturated carbocycles. The van der Waals surface area contributed by atoms with Crippen LogP contribution < -0.4 is 14.9 Å². The highest BCUT2D eigenvalue weighted by atomic mass is 32.2. The quantitative estimate of drug-likeness (QED) is 0.433. The first-order valence-electron chi connectivity index (χ1n) is 10.1. The predicted octanol–water partition coefficient (Wildman–Crippen LogP) is 2.40. The van der Waals surface area contributed by atoms with Crippen molar-refractivity contribution in [2.45, 2.75) is 13.0 Å². The number of nitrogens with one attached hydrogen (secondary N) is 2. The molecular weight excluding hydrogens is 414 g/mol. The van der Waals surface area contributed by atoms with E-state index >= 15 is 0 Å². The van der Waals surface area contributed by atoms with Crippen LogP contribution in [0, 0.1) is 0 Å². The minimum atomic E-state index is -3.41. The molecule has 1 aliphatic rings. The summed E-state index contributed by atoms with van der Waals surface area (Å²) in [6, 6.07) is 17.3. The molecule has 2 aromatic carbocycles. The van der Waals surface area contributed by atoms with Crippen molar-refractivity contribution >= 4 is 21.7 Å². The number of nitrogens with zero attached hydrogens (tertiary/aromatic N) is 3. The van der Waals surface area contributed by atoms with Gasteiger partial charge >= 0.3 is 0 Å². The highest BCUT2D eigenvalue weighted by Crippen LogP contribution is 2.29. The second kappa shape index (κ2) is 9.22. The van der Waals surface area contributed by atoms with E-state index in [1.165, 1.54) is 4.31 Å². The molecule has 0 bridgehead atoms. The van der Waals surface area contributed by atoms with E-state index in [9.17, 15) is 8.42 Å². The lowest BCUT2D eigenvalue weighted by atomic mass is 10.2. The average Bonchev–Trinajstić information content (AvgIpc) is 3.44. The molecule has 2 N–H and O–H groups in total. The summed E-state index contributed by atoms with van der Waals surface area (Å²) in [6.07, 6.45) is 2.34. The summed E-state index contributed by atoms with van der Waals surface area (Å²) in [6.45, 7) is 1.14. The Morgan fingerprint density at radius 2 is 1.90 bits per heavy atom. The molecule has 8 nitrogen and oxygen atoms in total. The molecule has 1 aliphatic heterocycles. The second-order valence-electron chi connectivity index (χ2n) is 7.13. The molecule has 0 amide bonds. The number of benzene rings is 2. The van der Waals surface area contributed by atoms with Gasteiger partial charge in [0.1, 0.15) is 6.26 Å². The predicted molar refractivity (Wildman–Crippen MR) is 121 cm³/mol. The summed E-state index contributed by atoms with van der Waals surface area (Å²) in [7, 11) is -1.77. The van der Waals surface area contributed by atoms with Gasteiger partial charge in [-0.05, 0) is 30.2 Å². The molecule has 0 aliphatic carbocycles. The molecule has 0 spiro atoms. The van der Waals surface area contributed by atoms with Gasteiger partial charge in [-0.15, -0.1) is 0 Å². The Hall–Kier alpha value is -3.33. The third-order valence-electron chi connectivity index (χ3n) is 5.07. The molecule has 9 heteroatoms. The molecule has 0 fully saturated rings. The zero-order valence-electron chi connectivity index (χ0n) is 17.3. The van der Waals surface area contributed by atoms with Crippen molar-refractivity contribution in [2.24, 2.45) is 4.99 Å². The number of para-hydroxylation sites is 1. The van der Waals surface area contributed by atoms with Gasteiger partial charge in [0.2, 0.25) is 15.9 Å². The van der Waals surface area contributed by atoms with Crippen molar-refractivity contribution in [3.8, 4) is 11.5 Å². The van der Waals surface area contributed by atoms with Gasteiger partial charge < -0.3 is 15.1 Å². The third-order valence-corrected chi connectivity index (χ3v) is 6.84. The molecule has 4 rings (SSSR count). The summed E-state index contributed by atoms with van der Waals surface area (Å²) in [5, 5.41) is 6.19. The Bertz CT molecular complexity index is 1160. The fourth-order valence-corrected chi connectivity index (χ4v) is 4.93. The Morgan fingerprint density at radius 3 is 2.71 bits per heavy atom. The van der Waals surface area contributed by atoms with E-state index in [4.69, 9.17) is 4.42 Å². The van der Waals surface area contributed by atoms with Crippen LogP contribution in [-0.4, -0.2) is 45.3 Å². The minimum Gasteiger partial charge on any atom is -0.444 e. The van der Waals surface area contributed by atoms with Crippen LogP contribution in [0.3, 0.4) is 0 Å². The second-order valence-corrected chi connectivity index (χ2v) is 9.14. The molecule has 0 unspecified atom stereocenters. The van der Waals surface area contributed by atoms with Crippen molar-refractivity contribution in [2.75, 3.05) is 30.2 Å². The maximum Gasteiger partial charge on any atom is 0.236 e. The first-order valence-corrected chi connectivity index (χ1v) is 11.7. The van der Waals surface area contributed by atoms with E-state index < -0.39 is 10.0 Å². The van der Waals surface area contributed by atoms with Crippen molar-refractivity contribution in [1.82, 2.24) is 15.6 Å². The smallest absolute Gasteiger partial charge is 0.236 e. The van der Waals surface area contributed by atoms with Crippen molar-refractivity contribution in [1.29, 1.82) is 0 Å². The maximum atomic E-state index is 12.8. The molecule has 0 atom stereocenters. The van der Waals surface area contributed by atoms with Gasteiger partial charge in [0.05, 0.1) is 23.7 Å². The molecule has 162 valence electrons. The van der Waals surface area contributed by atoms with Crippen LogP contribution in [0.5, 0.6) is 0 Å². The molecule has 0 saturated heterocycles. The molecule has 2 heterocycles. The number of anilines is 1. The summed E-state index contributed by atoms with van der Waals surface area (Å²) < 4.78 is 32.6. The first kappa shape index (κ1) is 20.9. The SMILES string of the molecule is CN=C(NCCS(=O)(=O)N1CCc2ccccc21)NCc1coc(-c2ccccc2)n1. The molecule has 3 aromatic rings. The number of aliphatic imine (C=N–C) groups is 1. The van der Waals surface area contributed by atoms with Gasteiger partial charge in [-0.3, -0.25) is 9.30 Å². The number of fused-ring (bicyclic) bond motifs is 1. The number of sulfonamides is 1. The number of aromatic nitrogens is 1. The Balaban J connectivity index is 1.28. The summed E-state index contributed by atoms with van der Waals surface area (Å²) in [4.78, 5) is 8.61. The summed E-state index contributed by atoms with van der Waals surface area (Å²) >= 11 is 0. The van der Waals surface area contributed by atoms with Crippen LogP contribution in [0.2, 0.25) is 0 Å². The third kappa shape index (κ3) is 4.88. The Morgan fingerprint density at radius 1 is 1.13 bits per heavy atom. The van der Waals surface area contributed by atoms with Crippen LogP contribution in [0.1, 0.15) is 11.3 Å². The highest BCUT2D eigenvalue weighted by Gasteiger charge is 2.28. The van der Waals surface area contributed by atoms with Crippen LogP contribution in [-0.2, 0) is 23.0 Å². The number of hydrogen-bond donors (Lipinski definition) is 2. The minimum absolute atomic E-state index is 0.0237. The van der Waals surface area contributed by atoms with Gasteiger partial charge in [0.25, 0.3) is 0 Å². The molecular formula is C22H25N5O3S. The van der Waals surface area contributed by atoms with Crippen molar-refractivity contribution in [3.63, 3.8) is 0 Å². The van der Waals surface area contributed by atoms with Gasteiger partial charge in [-0.2, -0.15) is 0 Å². The number of guanidine groups is 1. The highest BCUT2D eigenvalue weighted by molar-refractivity contribution is 7.92. The monoisotopic (exact) mass is 439 g/mol. The van der Waals surface area contributed by atoms with E-state index in [2.05, 4.69) is 20.6 Å². The molecule has 0 radical (unpaired) electrons. The van der Waals surface area contributed by atoms with Gasteiger partial charge in [0, 0.05) is 25.7 Å². The van der Waals surface area contributed by atoms with Gasteiger partial charge in [-0.25, -0.2) is 13.4 Å². The largest absolute Gasteiger partial charge is 0.444 e. The zero-order chi connectivity index (χ0) is 21.7. The molecule has 1 aromatic heterocycles. The lowest BCUT2D eigenvalue weighted by molar-refractivity contribution is 0.572. The summed E-state index contributed by atoms with van der Waals surface area (Å²) in [5.41, 5.74) is 3.48. The van der Waals surface area contributed by atoms with E-state index in [1.807, 2.05) is 54.6 Å². The summed E-state index contributed by atoms with van der Waals surface area (Å²) in [5.74, 6) is 1.03. The number of hydrogen-bond acceptors (Lipinski definition) is 5. The topological polar surface area (TPSA) is 99.8 Å². The van der Waals surface area contributed by atoms with Crippen LogP contribution >= 0.6 is 0 Å². The fraction of sp³-hybridized carbons (Fsp3) is 0.273. The van der Waals surface area contributed by atoms with E-state index in [-0.39, 0.29) is 12.3 Å². The lowest BCUT2D eigenvalue weighted by Gasteiger charge is -2.20. The first-order chi connectivity index (χ1) is 15.1. The van der Waals surface area contributed by atoms with Crippen molar-refractivity contribution in [3.05, 3.63) is 72.1 Å². The van der Waals surface area contributed by atoms with Gasteiger partial charge in [-0.1, -0.05) is 36.4 Å². The normalized spacial score (nSPS) is 13.8. The number of rotatable bonds is 7.